The number of hydrogen-bond donors (Lipinski definition) is 1. The minimum Gasteiger partial charge on any atom is -0.493 e. The molecular formula is C22H20ClIN2O5. The normalized spacial score (nSPS) is 14.9. The number of carboxylic acids is 1. The van der Waals surface area contributed by atoms with E-state index in [0.29, 0.717) is 28.5 Å². The van der Waals surface area contributed by atoms with Crippen molar-refractivity contribution >= 4 is 63.5 Å². The average molecular weight is 555 g/mol. The van der Waals surface area contributed by atoms with Crippen LogP contribution in [0.4, 0.5) is 5.69 Å². The fourth-order valence-corrected chi connectivity index (χ4v) is 3.96. The number of nitrogens with zero attached hydrogens (tertiary/aromatic N) is 2. The third-order valence-corrected chi connectivity index (χ3v) is 5.53. The van der Waals surface area contributed by atoms with Crippen LogP contribution in [0, 0.1) is 3.57 Å². The molecule has 2 aromatic rings. The fourth-order valence-electron chi connectivity index (χ4n) is 3.01. The number of carboxylic acid groups (broad SMARTS) is 1. The van der Waals surface area contributed by atoms with Crippen LogP contribution in [0.5, 0.6) is 11.5 Å². The summed E-state index contributed by atoms with van der Waals surface area (Å²) < 4.78 is 12.2. The smallest absolute Gasteiger partial charge is 0.337 e. The summed E-state index contributed by atoms with van der Waals surface area (Å²) in [5.74, 6) is -0.339. The number of hydrazone groups is 1. The molecule has 0 radical (unpaired) electrons. The minimum atomic E-state index is -1.18. The van der Waals surface area contributed by atoms with Crippen LogP contribution in [0.15, 0.2) is 41.0 Å². The topological polar surface area (TPSA) is 88.4 Å². The fraction of sp³-hybridized carbons (Fsp3) is 0.227. The number of benzene rings is 2. The first kappa shape index (κ1) is 23.1. The standard InChI is InChI=1S/C22H20ClIN2O5/c1-11(2)31-20-18(24)8-13(9-19(20)30-4)7-15-12(3)25-26(21(15)27)14-5-6-17(23)16(10-14)22(28)29/h5-11H,1-4H3,(H,28,29)/b15-7-. The first-order chi connectivity index (χ1) is 14.6. The van der Waals surface area contributed by atoms with Crippen molar-refractivity contribution in [3.05, 3.63) is 55.6 Å². The Hall–Kier alpha value is -2.59. The van der Waals surface area contributed by atoms with Gasteiger partial charge in [0.25, 0.3) is 5.91 Å². The molecule has 0 saturated heterocycles. The molecule has 0 unspecified atom stereocenters. The van der Waals surface area contributed by atoms with E-state index in [0.717, 1.165) is 9.13 Å². The molecule has 1 aliphatic heterocycles. The molecule has 3 rings (SSSR count). The molecule has 1 amide bonds. The number of methoxy groups -OCH3 is 1. The maximum atomic E-state index is 13.0. The Kier molecular flexibility index (Phi) is 6.90. The molecule has 0 aromatic heterocycles. The Morgan fingerprint density at radius 3 is 2.61 bits per heavy atom. The second kappa shape index (κ2) is 9.27. The van der Waals surface area contributed by atoms with Gasteiger partial charge in [0.05, 0.1) is 44.3 Å². The third-order valence-electron chi connectivity index (χ3n) is 4.40. The maximum Gasteiger partial charge on any atom is 0.337 e. The molecule has 1 aliphatic rings. The zero-order valence-corrected chi connectivity index (χ0v) is 20.2. The summed E-state index contributed by atoms with van der Waals surface area (Å²) in [6.45, 7) is 5.59. The van der Waals surface area contributed by atoms with Gasteiger partial charge < -0.3 is 14.6 Å². The Labute approximate surface area is 198 Å². The molecule has 0 saturated carbocycles. The lowest BCUT2D eigenvalue weighted by atomic mass is 10.1. The first-order valence-corrected chi connectivity index (χ1v) is 10.8. The second-order valence-electron chi connectivity index (χ2n) is 7.03. The van der Waals surface area contributed by atoms with Gasteiger partial charge in [-0.1, -0.05) is 11.6 Å². The lowest BCUT2D eigenvalue weighted by Gasteiger charge is -2.16. The largest absolute Gasteiger partial charge is 0.493 e. The summed E-state index contributed by atoms with van der Waals surface area (Å²) in [6, 6.07) is 7.99. The van der Waals surface area contributed by atoms with Gasteiger partial charge in [0.2, 0.25) is 0 Å². The number of carbonyl (C=O) groups excluding carboxylic acids is 1. The van der Waals surface area contributed by atoms with Crippen molar-refractivity contribution < 1.29 is 24.2 Å². The number of anilines is 1. The van der Waals surface area contributed by atoms with Crippen LogP contribution in [0.2, 0.25) is 5.02 Å². The highest BCUT2D eigenvalue weighted by atomic mass is 127. The number of halogens is 2. The van der Waals surface area contributed by atoms with E-state index >= 15 is 0 Å². The molecule has 7 nitrogen and oxygen atoms in total. The maximum absolute atomic E-state index is 13.0. The van der Waals surface area contributed by atoms with Gasteiger partial charge in [-0.25, -0.2) is 4.79 Å². The van der Waals surface area contributed by atoms with Crippen LogP contribution in [0.1, 0.15) is 36.7 Å². The van der Waals surface area contributed by atoms with Gasteiger partial charge in [-0.05, 0) is 85.3 Å². The first-order valence-electron chi connectivity index (χ1n) is 9.31. The molecule has 0 fully saturated rings. The highest BCUT2D eigenvalue weighted by Crippen LogP contribution is 2.36. The Morgan fingerprint density at radius 1 is 1.29 bits per heavy atom. The number of hydrogen-bond acceptors (Lipinski definition) is 5. The van der Waals surface area contributed by atoms with Gasteiger partial charge in [0.15, 0.2) is 11.5 Å². The van der Waals surface area contributed by atoms with Crippen LogP contribution >= 0.6 is 34.2 Å². The van der Waals surface area contributed by atoms with E-state index in [-0.39, 0.29) is 22.6 Å². The summed E-state index contributed by atoms with van der Waals surface area (Å²) in [5, 5.41) is 14.9. The molecular weight excluding hydrogens is 535 g/mol. The van der Waals surface area contributed by atoms with Crippen LogP contribution in [0.25, 0.3) is 6.08 Å². The molecule has 31 heavy (non-hydrogen) atoms. The van der Waals surface area contributed by atoms with Gasteiger partial charge in [-0.2, -0.15) is 10.1 Å². The van der Waals surface area contributed by atoms with Gasteiger partial charge in [0, 0.05) is 0 Å². The average Bonchev–Trinajstić information content (AvgIpc) is 2.98. The Bertz CT molecular complexity index is 1130. The highest BCUT2D eigenvalue weighted by molar-refractivity contribution is 14.1. The van der Waals surface area contributed by atoms with Crippen molar-refractivity contribution in [2.24, 2.45) is 5.10 Å². The lowest BCUT2D eigenvalue weighted by Crippen LogP contribution is -2.21. The molecule has 2 aromatic carbocycles. The van der Waals surface area contributed by atoms with Crippen molar-refractivity contribution in [3.8, 4) is 11.5 Å². The number of amides is 1. The van der Waals surface area contributed by atoms with Crippen LogP contribution in [-0.2, 0) is 4.79 Å². The monoisotopic (exact) mass is 554 g/mol. The summed E-state index contributed by atoms with van der Waals surface area (Å²) in [6.07, 6.45) is 1.71. The van der Waals surface area contributed by atoms with E-state index in [1.165, 1.54) is 17.1 Å². The Morgan fingerprint density at radius 2 is 2.00 bits per heavy atom. The van der Waals surface area contributed by atoms with Gasteiger partial charge in [0.1, 0.15) is 0 Å². The molecule has 162 valence electrons. The molecule has 0 atom stereocenters. The van der Waals surface area contributed by atoms with Gasteiger partial charge in [-0.3, -0.25) is 4.79 Å². The van der Waals surface area contributed by atoms with Crippen molar-refractivity contribution in [3.63, 3.8) is 0 Å². The van der Waals surface area contributed by atoms with Crippen molar-refractivity contribution in [1.29, 1.82) is 0 Å². The number of ether oxygens (including phenoxy) is 2. The second-order valence-corrected chi connectivity index (χ2v) is 8.60. The molecule has 1 heterocycles. The van der Waals surface area contributed by atoms with Crippen LogP contribution in [-0.4, -0.2) is 35.9 Å². The van der Waals surface area contributed by atoms with Gasteiger partial charge in [-0.15, -0.1) is 0 Å². The molecule has 1 N–H and O–H groups in total. The predicted molar refractivity (Wildman–Crippen MR) is 128 cm³/mol. The van der Waals surface area contributed by atoms with Crippen molar-refractivity contribution in [1.82, 2.24) is 0 Å². The van der Waals surface area contributed by atoms with Crippen LogP contribution < -0.4 is 14.5 Å². The zero-order valence-electron chi connectivity index (χ0n) is 17.3. The van der Waals surface area contributed by atoms with Crippen molar-refractivity contribution in [2.45, 2.75) is 26.9 Å². The van der Waals surface area contributed by atoms with E-state index < -0.39 is 5.97 Å². The minimum absolute atomic E-state index is 0.0129. The molecule has 0 aliphatic carbocycles. The highest BCUT2D eigenvalue weighted by Gasteiger charge is 2.29. The van der Waals surface area contributed by atoms with Crippen molar-refractivity contribution in [2.75, 3.05) is 12.1 Å². The molecule has 0 bridgehead atoms. The van der Waals surface area contributed by atoms with Gasteiger partial charge >= 0.3 is 5.97 Å². The zero-order chi connectivity index (χ0) is 22.9. The van der Waals surface area contributed by atoms with E-state index in [9.17, 15) is 14.7 Å². The predicted octanol–water partition coefficient (Wildman–Crippen LogP) is 5.24. The van der Waals surface area contributed by atoms with E-state index in [1.54, 1.807) is 32.2 Å². The number of aromatic carboxylic acids is 1. The van der Waals surface area contributed by atoms with E-state index in [1.807, 2.05) is 19.9 Å². The van der Waals surface area contributed by atoms with E-state index in [2.05, 4.69) is 27.7 Å². The quantitative estimate of drug-likeness (QED) is 0.390. The van der Waals surface area contributed by atoms with Crippen LogP contribution in [0.3, 0.4) is 0 Å². The molecule has 0 spiro atoms. The summed E-state index contributed by atoms with van der Waals surface area (Å²) in [5.41, 5.74) is 1.87. The summed E-state index contributed by atoms with van der Waals surface area (Å²) in [7, 11) is 1.56. The summed E-state index contributed by atoms with van der Waals surface area (Å²) >= 11 is 8.10. The lowest BCUT2D eigenvalue weighted by molar-refractivity contribution is -0.114. The SMILES string of the molecule is COc1cc(/C=C2\C(=O)N(c3ccc(Cl)c(C(=O)O)c3)N=C2C)cc(I)c1OC(C)C. The number of carbonyl (C=O) groups is 2. The number of rotatable bonds is 6. The Balaban J connectivity index is 1.98. The summed E-state index contributed by atoms with van der Waals surface area (Å²) in [4.78, 5) is 24.4. The third kappa shape index (κ3) is 4.85. The molecule has 9 heteroatoms. The van der Waals surface area contributed by atoms with E-state index in [4.69, 9.17) is 21.1 Å².